The van der Waals surface area contributed by atoms with Gasteiger partial charge in [0.25, 0.3) is 0 Å². The van der Waals surface area contributed by atoms with Crippen molar-refractivity contribution in [3.63, 3.8) is 0 Å². The fraction of sp³-hybridized carbons (Fsp3) is 0.435. The van der Waals surface area contributed by atoms with E-state index in [-0.39, 0.29) is 12.3 Å². The summed E-state index contributed by atoms with van der Waals surface area (Å²) in [5, 5.41) is 2.92. The van der Waals surface area contributed by atoms with E-state index in [1.54, 1.807) is 24.3 Å². The van der Waals surface area contributed by atoms with Gasteiger partial charge in [0.05, 0.1) is 18.4 Å². The van der Waals surface area contributed by atoms with Crippen LogP contribution in [0, 0.1) is 0 Å². The van der Waals surface area contributed by atoms with E-state index in [1.807, 2.05) is 0 Å². The number of hydrogen-bond acceptors (Lipinski definition) is 4. The molecule has 1 heterocycles. The van der Waals surface area contributed by atoms with Gasteiger partial charge in [-0.25, -0.2) is 8.42 Å². The van der Waals surface area contributed by atoms with Gasteiger partial charge in [-0.3, -0.25) is 14.4 Å². The molecule has 0 radical (unpaired) electrons. The minimum atomic E-state index is -3.39. The van der Waals surface area contributed by atoms with Gasteiger partial charge in [-0.1, -0.05) is 55.3 Å². The molecule has 1 aliphatic rings. The smallest absolute Gasteiger partial charge is 0.229 e. The molecule has 0 aliphatic carbocycles. The molecule has 1 saturated heterocycles. The first-order valence-electron chi connectivity index (χ1n) is 10.5. The van der Waals surface area contributed by atoms with E-state index >= 15 is 0 Å². The Balaban J connectivity index is 1.50. The standard InChI is InChI=1S/C23H31N3O3S/c1-30(28,29)25-22-9-5-4-8-21(22)16-23(27)24-17-19-10-12-20(13-11-19)18-26-14-6-2-3-7-15-26/h4-5,8-13,25H,2-3,6-7,14-18H2,1H3,(H,24,27). The first-order chi connectivity index (χ1) is 14.4. The summed E-state index contributed by atoms with van der Waals surface area (Å²) in [6.45, 7) is 3.78. The zero-order valence-electron chi connectivity index (χ0n) is 17.6. The second-order valence-corrected chi connectivity index (χ2v) is 9.74. The van der Waals surface area contributed by atoms with E-state index in [0.29, 0.717) is 17.8 Å². The van der Waals surface area contributed by atoms with E-state index < -0.39 is 10.0 Å². The normalized spacial score (nSPS) is 15.4. The van der Waals surface area contributed by atoms with Crippen LogP contribution < -0.4 is 10.0 Å². The van der Waals surface area contributed by atoms with Crippen LogP contribution in [0.4, 0.5) is 5.69 Å². The highest BCUT2D eigenvalue weighted by atomic mass is 32.2. The van der Waals surface area contributed by atoms with Gasteiger partial charge >= 0.3 is 0 Å². The molecule has 1 amide bonds. The lowest BCUT2D eigenvalue weighted by Crippen LogP contribution is -2.25. The monoisotopic (exact) mass is 429 g/mol. The topological polar surface area (TPSA) is 78.5 Å². The van der Waals surface area contributed by atoms with Crippen LogP contribution >= 0.6 is 0 Å². The van der Waals surface area contributed by atoms with Gasteiger partial charge in [-0.2, -0.15) is 0 Å². The zero-order valence-corrected chi connectivity index (χ0v) is 18.4. The molecule has 1 aliphatic heterocycles. The summed E-state index contributed by atoms with van der Waals surface area (Å²) in [4.78, 5) is 14.9. The maximum atomic E-state index is 12.4. The highest BCUT2D eigenvalue weighted by Gasteiger charge is 2.11. The predicted molar refractivity (Wildman–Crippen MR) is 121 cm³/mol. The Kier molecular flexibility index (Phi) is 7.87. The van der Waals surface area contributed by atoms with Gasteiger partial charge in [0.1, 0.15) is 0 Å². The number of carbonyl (C=O) groups excluding carboxylic acids is 1. The Labute approximate surface area is 179 Å². The molecule has 0 atom stereocenters. The third-order valence-corrected chi connectivity index (χ3v) is 5.87. The Morgan fingerprint density at radius 1 is 0.933 bits per heavy atom. The molecule has 0 aromatic heterocycles. The number of rotatable bonds is 8. The van der Waals surface area contributed by atoms with Gasteiger partial charge in [-0.05, 0) is 48.7 Å². The Bertz CT molecular complexity index is 934. The number of benzene rings is 2. The number of hydrogen-bond donors (Lipinski definition) is 2. The molecule has 2 aromatic rings. The van der Waals surface area contributed by atoms with Crippen LogP contribution in [0.3, 0.4) is 0 Å². The number of anilines is 1. The van der Waals surface area contributed by atoms with Crippen LogP contribution in [0.15, 0.2) is 48.5 Å². The summed E-state index contributed by atoms with van der Waals surface area (Å²) in [7, 11) is -3.39. The van der Waals surface area contributed by atoms with Gasteiger partial charge in [0, 0.05) is 13.1 Å². The quantitative estimate of drug-likeness (QED) is 0.675. The lowest BCUT2D eigenvalue weighted by molar-refractivity contribution is -0.120. The van der Waals surface area contributed by atoms with Crippen LogP contribution in [0.25, 0.3) is 0 Å². The number of nitrogens with zero attached hydrogens (tertiary/aromatic N) is 1. The molecule has 0 unspecified atom stereocenters. The van der Waals surface area contributed by atoms with Gasteiger partial charge < -0.3 is 5.32 Å². The number of nitrogens with one attached hydrogen (secondary N) is 2. The first-order valence-corrected chi connectivity index (χ1v) is 12.4. The molecule has 162 valence electrons. The fourth-order valence-corrected chi connectivity index (χ4v) is 4.32. The van der Waals surface area contributed by atoms with Crippen LogP contribution in [0.1, 0.15) is 42.4 Å². The maximum absolute atomic E-state index is 12.4. The Hall–Kier alpha value is -2.38. The van der Waals surface area contributed by atoms with Crippen LogP contribution in [-0.4, -0.2) is 38.6 Å². The van der Waals surface area contributed by atoms with E-state index in [9.17, 15) is 13.2 Å². The highest BCUT2D eigenvalue weighted by molar-refractivity contribution is 7.92. The van der Waals surface area contributed by atoms with E-state index in [0.717, 1.165) is 18.4 Å². The SMILES string of the molecule is CS(=O)(=O)Nc1ccccc1CC(=O)NCc1ccc(CN2CCCCCC2)cc1. The van der Waals surface area contributed by atoms with E-state index in [2.05, 4.69) is 39.2 Å². The summed E-state index contributed by atoms with van der Waals surface area (Å²) < 4.78 is 25.5. The number of likely N-dealkylation sites (tertiary alicyclic amines) is 1. The molecule has 0 spiro atoms. The van der Waals surface area contributed by atoms with Crippen molar-refractivity contribution >= 4 is 21.6 Å². The van der Waals surface area contributed by atoms with Crippen molar-refractivity contribution in [2.45, 2.75) is 45.2 Å². The molecular weight excluding hydrogens is 398 g/mol. The molecule has 7 heteroatoms. The number of carbonyl (C=O) groups is 1. The average molecular weight is 430 g/mol. The third-order valence-electron chi connectivity index (χ3n) is 5.28. The summed E-state index contributed by atoms with van der Waals surface area (Å²) in [5.41, 5.74) is 3.43. The summed E-state index contributed by atoms with van der Waals surface area (Å²) in [6.07, 6.45) is 6.46. The van der Waals surface area contributed by atoms with Gasteiger partial charge in [-0.15, -0.1) is 0 Å². The molecule has 3 rings (SSSR count). The predicted octanol–water partition coefficient (Wildman–Crippen LogP) is 3.29. The zero-order chi connectivity index (χ0) is 21.4. The van der Waals surface area contributed by atoms with E-state index in [1.165, 1.54) is 44.3 Å². The van der Waals surface area contributed by atoms with Crippen LogP contribution in [-0.2, 0) is 34.3 Å². The third kappa shape index (κ3) is 7.46. The van der Waals surface area contributed by atoms with Crippen molar-refractivity contribution < 1.29 is 13.2 Å². The minimum absolute atomic E-state index is 0.117. The van der Waals surface area contributed by atoms with Crippen molar-refractivity contribution in [1.82, 2.24) is 10.2 Å². The number of amides is 1. The summed E-state index contributed by atoms with van der Waals surface area (Å²) in [5.74, 6) is -0.147. The molecule has 0 bridgehead atoms. The molecule has 0 saturated carbocycles. The molecule has 1 fully saturated rings. The van der Waals surface area contributed by atoms with Crippen LogP contribution in [0.5, 0.6) is 0 Å². The van der Waals surface area contributed by atoms with Crippen molar-refractivity contribution in [2.75, 3.05) is 24.1 Å². The second-order valence-electron chi connectivity index (χ2n) is 7.99. The largest absolute Gasteiger partial charge is 0.352 e. The molecular formula is C23H31N3O3S. The Morgan fingerprint density at radius 2 is 1.57 bits per heavy atom. The fourth-order valence-electron chi connectivity index (χ4n) is 3.72. The summed E-state index contributed by atoms with van der Waals surface area (Å²) in [6, 6.07) is 15.3. The minimum Gasteiger partial charge on any atom is -0.352 e. The lowest BCUT2D eigenvalue weighted by Gasteiger charge is -2.19. The lowest BCUT2D eigenvalue weighted by atomic mass is 10.1. The van der Waals surface area contributed by atoms with Crippen molar-refractivity contribution in [1.29, 1.82) is 0 Å². The number of sulfonamides is 1. The number of para-hydroxylation sites is 1. The highest BCUT2D eigenvalue weighted by Crippen LogP contribution is 2.17. The van der Waals surface area contributed by atoms with Crippen molar-refractivity contribution in [2.24, 2.45) is 0 Å². The van der Waals surface area contributed by atoms with Gasteiger partial charge in [0.2, 0.25) is 15.9 Å². The molecule has 6 nitrogen and oxygen atoms in total. The van der Waals surface area contributed by atoms with Gasteiger partial charge in [0.15, 0.2) is 0 Å². The average Bonchev–Trinajstić information content (AvgIpc) is 2.97. The Morgan fingerprint density at radius 3 is 2.23 bits per heavy atom. The summed E-state index contributed by atoms with van der Waals surface area (Å²) >= 11 is 0. The molecule has 2 N–H and O–H groups in total. The second kappa shape index (κ2) is 10.6. The molecule has 30 heavy (non-hydrogen) atoms. The molecule has 2 aromatic carbocycles. The maximum Gasteiger partial charge on any atom is 0.229 e. The van der Waals surface area contributed by atoms with E-state index in [4.69, 9.17) is 0 Å². The van der Waals surface area contributed by atoms with Crippen molar-refractivity contribution in [3.8, 4) is 0 Å². The van der Waals surface area contributed by atoms with Crippen LogP contribution in [0.2, 0.25) is 0 Å². The van der Waals surface area contributed by atoms with Crippen molar-refractivity contribution in [3.05, 3.63) is 65.2 Å². The first kappa shape index (κ1) is 22.3.